The molecule has 2 rings (SSSR count). The van der Waals surface area contributed by atoms with E-state index in [-0.39, 0.29) is 11.7 Å². The summed E-state index contributed by atoms with van der Waals surface area (Å²) in [6.07, 6.45) is 1.49. The van der Waals surface area contributed by atoms with Crippen molar-refractivity contribution in [2.75, 3.05) is 6.54 Å². The fraction of sp³-hybridized carbons (Fsp3) is 0.273. The van der Waals surface area contributed by atoms with E-state index in [1.807, 2.05) is 6.92 Å². The Labute approximate surface area is 81.5 Å². The van der Waals surface area contributed by atoms with Crippen LogP contribution < -0.4 is 5.73 Å². The minimum atomic E-state index is -0.214. The first-order valence-corrected chi connectivity index (χ1v) is 4.59. The topological polar surface area (TPSA) is 39.2 Å². The highest BCUT2D eigenvalue weighted by atomic mass is 19.1. The van der Waals surface area contributed by atoms with Gasteiger partial charge in [0.2, 0.25) is 0 Å². The number of hydrogen-bond acceptors (Lipinski definition) is 2. The number of nitrogens with two attached hydrogens (primary N) is 1. The highest BCUT2D eigenvalue weighted by molar-refractivity contribution is 5.78. The maximum Gasteiger partial charge on any atom is 0.137 e. The van der Waals surface area contributed by atoms with Gasteiger partial charge in [0.05, 0.1) is 11.6 Å². The number of benzene rings is 1. The normalized spacial score (nSPS) is 13.4. The van der Waals surface area contributed by atoms with Crippen molar-refractivity contribution in [3.05, 3.63) is 35.8 Å². The summed E-state index contributed by atoms with van der Waals surface area (Å²) in [5.41, 5.74) is 6.74. The Morgan fingerprint density at radius 1 is 1.43 bits per heavy atom. The van der Waals surface area contributed by atoms with Crippen molar-refractivity contribution in [3.8, 4) is 0 Å². The predicted octanol–water partition coefficient (Wildman–Crippen LogP) is 2.63. The van der Waals surface area contributed by atoms with Crippen LogP contribution in [-0.4, -0.2) is 6.54 Å². The summed E-state index contributed by atoms with van der Waals surface area (Å²) in [5, 5.41) is 0.530. The molecule has 1 aromatic carbocycles. The van der Waals surface area contributed by atoms with Gasteiger partial charge in [-0.1, -0.05) is 13.0 Å². The molecule has 0 saturated heterocycles. The summed E-state index contributed by atoms with van der Waals surface area (Å²) in [6.45, 7) is 2.35. The lowest BCUT2D eigenvalue weighted by Gasteiger charge is -2.09. The van der Waals surface area contributed by atoms with Gasteiger partial charge in [0.1, 0.15) is 11.4 Å². The molecule has 0 radical (unpaired) electrons. The Morgan fingerprint density at radius 2 is 2.21 bits per heavy atom. The van der Waals surface area contributed by atoms with Crippen LogP contribution in [0.3, 0.4) is 0 Å². The SMILES string of the molecule is CC(CN)c1ccc2occc2c1F. The van der Waals surface area contributed by atoms with Gasteiger partial charge in [-0.05, 0) is 30.2 Å². The van der Waals surface area contributed by atoms with Crippen LogP contribution in [0.4, 0.5) is 4.39 Å². The van der Waals surface area contributed by atoms with E-state index in [0.717, 1.165) is 0 Å². The molecule has 1 aromatic heterocycles. The van der Waals surface area contributed by atoms with E-state index in [9.17, 15) is 4.39 Å². The predicted molar refractivity (Wildman–Crippen MR) is 53.6 cm³/mol. The fourth-order valence-electron chi connectivity index (χ4n) is 1.53. The molecule has 1 heterocycles. The maximum atomic E-state index is 13.8. The summed E-state index contributed by atoms with van der Waals surface area (Å²) < 4.78 is 18.9. The van der Waals surface area contributed by atoms with Gasteiger partial charge in [-0.25, -0.2) is 4.39 Å². The number of hydrogen-bond donors (Lipinski definition) is 1. The molecule has 0 aliphatic carbocycles. The summed E-state index contributed by atoms with van der Waals surface area (Å²) in [4.78, 5) is 0. The van der Waals surface area contributed by atoms with E-state index >= 15 is 0 Å². The summed E-state index contributed by atoms with van der Waals surface area (Å²) >= 11 is 0. The second kappa shape index (κ2) is 3.42. The van der Waals surface area contributed by atoms with Crippen molar-refractivity contribution in [3.63, 3.8) is 0 Å². The minimum Gasteiger partial charge on any atom is -0.464 e. The minimum absolute atomic E-state index is 0.0364. The van der Waals surface area contributed by atoms with Crippen LogP contribution in [0.2, 0.25) is 0 Å². The van der Waals surface area contributed by atoms with E-state index in [2.05, 4.69) is 0 Å². The molecule has 0 aliphatic heterocycles. The third-order valence-corrected chi connectivity index (χ3v) is 2.48. The average molecular weight is 193 g/mol. The zero-order valence-corrected chi connectivity index (χ0v) is 7.96. The van der Waals surface area contributed by atoms with Crippen molar-refractivity contribution in [1.82, 2.24) is 0 Å². The first-order chi connectivity index (χ1) is 6.74. The number of rotatable bonds is 2. The van der Waals surface area contributed by atoms with Crippen molar-refractivity contribution in [2.24, 2.45) is 5.73 Å². The third-order valence-electron chi connectivity index (χ3n) is 2.48. The molecule has 74 valence electrons. The van der Waals surface area contributed by atoms with Gasteiger partial charge < -0.3 is 10.2 Å². The van der Waals surface area contributed by atoms with E-state index in [4.69, 9.17) is 10.2 Å². The van der Waals surface area contributed by atoms with Crippen molar-refractivity contribution in [1.29, 1.82) is 0 Å². The molecule has 3 heteroatoms. The third kappa shape index (κ3) is 1.30. The van der Waals surface area contributed by atoms with Crippen LogP contribution in [-0.2, 0) is 0 Å². The van der Waals surface area contributed by atoms with Crippen LogP contribution in [0.15, 0.2) is 28.9 Å². The molecule has 1 unspecified atom stereocenters. The average Bonchev–Trinajstić information content (AvgIpc) is 2.66. The van der Waals surface area contributed by atoms with E-state index in [0.29, 0.717) is 23.1 Å². The first-order valence-electron chi connectivity index (χ1n) is 4.59. The van der Waals surface area contributed by atoms with Crippen LogP contribution in [0.1, 0.15) is 18.4 Å². The Bertz CT molecular complexity index is 449. The lowest BCUT2D eigenvalue weighted by molar-refractivity contribution is 0.593. The highest BCUT2D eigenvalue weighted by Gasteiger charge is 2.13. The molecule has 0 fully saturated rings. The van der Waals surface area contributed by atoms with Gasteiger partial charge in [0.15, 0.2) is 0 Å². The van der Waals surface area contributed by atoms with Crippen molar-refractivity contribution >= 4 is 11.0 Å². The van der Waals surface area contributed by atoms with E-state index in [1.54, 1.807) is 18.2 Å². The second-order valence-electron chi connectivity index (χ2n) is 3.44. The lowest BCUT2D eigenvalue weighted by Crippen LogP contribution is -2.10. The van der Waals surface area contributed by atoms with Gasteiger partial charge in [-0.15, -0.1) is 0 Å². The molecular formula is C11H12FNO. The Kier molecular flexibility index (Phi) is 2.25. The molecule has 0 saturated carbocycles. The molecule has 0 amide bonds. The molecular weight excluding hydrogens is 181 g/mol. The monoisotopic (exact) mass is 193 g/mol. The van der Waals surface area contributed by atoms with Gasteiger partial charge in [0.25, 0.3) is 0 Å². The van der Waals surface area contributed by atoms with E-state index < -0.39 is 0 Å². The van der Waals surface area contributed by atoms with Gasteiger partial charge >= 0.3 is 0 Å². The molecule has 2 aromatic rings. The Morgan fingerprint density at radius 3 is 2.93 bits per heavy atom. The smallest absolute Gasteiger partial charge is 0.137 e. The maximum absolute atomic E-state index is 13.8. The fourth-order valence-corrected chi connectivity index (χ4v) is 1.53. The number of halogens is 1. The zero-order valence-electron chi connectivity index (χ0n) is 7.96. The quantitative estimate of drug-likeness (QED) is 0.796. The van der Waals surface area contributed by atoms with Crippen LogP contribution in [0.25, 0.3) is 11.0 Å². The standard InChI is InChI=1S/C11H12FNO/c1-7(6-13)8-2-3-10-9(11(8)12)4-5-14-10/h2-5,7H,6,13H2,1H3. The number of fused-ring (bicyclic) bond motifs is 1. The van der Waals surface area contributed by atoms with Crippen LogP contribution in [0.5, 0.6) is 0 Å². The Balaban J connectivity index is 2.61. The molecule has 0 bridgehead atoms. The summed E-state index contributed by atoms with van der Waals surface area (Å²) in [7, 11) is 0. The summed E-state index contributed by atoms with van der Waals surface area (Å²) in [6, 6.07) is 5.15. The molecule has 14 heavy (non-hydrogen) atoms. The Hall–Kier alpha value is -1.35. The van der Waals surface area contributed by atoms with Crippen LogP contribution in [0, 0.1) is 5.82 Å². The largest absolute Gasteiger partial charge is 0.464 e. The lowest BCUT2D eigenvalue weighted by atomic mass is 9.99. The van der Waals surface area contributed by atoms with Crippen molar-refractivity contribution in [2.45, 2.75) is 12.8 Å². The van der Waals surface area contributed by atoms with Gasteiger partial charge in [-0.2, -0.15) is 0 Å². The summed E-state index contributed by atoms with van der Waals surface area (Å²) in [5.74, 6) is -0.177. The number of furan rings is 1. The molecule has 2 nitrogen and oxygen atoms in total. The molecule has 0 spiro atoms. The van der Waals surface area contributed by atoms with Crippen LogP contribution >= 0.6 is 0 Å². The molecule has 2 N–H and O–H groups in total. The second-order valence-corrected chi connectivity index (χ2v) is 3.44. The van der Waals surface area contributed by atoms with Crippen molar-refractivity contribution < 1.29 is 8.81 Å². The van der Waals surface area contributed by atoms with Gasteiger partial charge in [0, 0.05) is 0 Å². The molecule has 0 aliphatic rings. The van der Waals surface area contributed by atoms with E-state index in [1.165, 1.54) is 6.26 Å². The first kappa shape index (κ1) is 9.21. The van der Waals surface area contributed by atoms with Gasteiger partial charge in [-0.3, -0.25) is 0 Å². The zero-order chi connectivity index (χ0) is 10.1. The highest BCUT2D eigenvalue weighted by Crippen LogP contribution is 2.26. The molecule has 1 atom stereocenters.